The van der Waals surface area contributed by atoms with Crippen molar-refractivity contribution >= 4 is 0 Å². The van der Waals surface area contributed by atoms with E-state index in [4.69, 9.17) is 0 Å². The van der Waals surface area contributed by atoms with E-state index < -0.39 is 0 Å². The van der Waals surface area contributed by atoms with Gasteiger partial charge in [-0.05, 0) is 64.6 Å². The van der Waals surface area contributed by atoms with Crippen LogP contribution in [0.3, 0.4) is 0 Å². The Kier molecular flexibility index (Phi) is 4.81. The highest BCUT2D eigenvalue weighted by molar-refractivity contribution is 5.10. The summed E-state index contributed by atoms with van der Waals surface area (Å²) in [6.45, 7) is 6.44. The number of aromatic nitrogens is 2. The molecule has 1 saturated carbocycles. The van der Waals surface area contributed by atoms with E-state index in [1.807, 2.05) is 0 Å². The fourth-order valence-corrected chi connectivity index (χ4v) is 3.39. The SMILES string of the molecule is CCn1nc(C)cc1CC1CCCCC1CNC. The lowest BCUT2D eigenvalue weighted by atomic mass is 9.77. The predicted octanol–water partition coefficient (Wildman–Crippen LogP) is 2.78. The number of nitrogens with one attached hydrogen (secondary N) is 1. The lowest BCUT2D eigenvalue weighted by Crippen LogP contribution is -2.30. The summed E-state index contributed by atoms with van der Waals surface area (Å²) in [6, 6.07) is 2.27. The van der Waals surface area contributed by atoms with Gasteiger partial charge in [-0.1, -0.05) is 12.8 Å². The van der Waals surface area contributed by atoms with Gasteiger partial charge < -0.3 is 5.32 Å². The zero-order valence-electron chi connectivity index (χ0n) is 12.1. The Bertz CT molecular complexity index is 368. The van der Waals surface area contributed by atoms with E-state index in [-0.39, 0.29) is 0 Å². The summed E-state index contributed by atoms with van der Waals surface area (Å²) in [7, 11) is 2.08. The van der Waals surface area contributed by atoms with Gasteiger partial charge in [-0.25, -0.2) is 0 Å². The van der Waals surface area contributed by atoms with Gasteiger partial charge >= 0.3 is 0 Å². The summed E-state index contributed by atoms with van der Waals surface area (Å²) < 4.78 is 2.18. The van der Waals surface area contributed by atoms with E-state index in [2.05, 4.69) is 42.1 Å². The van der Waals surface area contributed by atoms with Crippen molar-refractivity contribution in [1.29, 1.82) is 0 Å². The van der Waals surface area contributed by atoms with Crippen molar-refractivity contribution in [1.82, 2.24) is 15.1 Å². The summed E-state index contributed by atoms with van der Waals surface area (Å²) in [5.74, 6) is 1.69. The number of nitrogens with zero attached hydrogens (tertiary/aromatic N) is 2. The second-order valence-electron chi connectivity index (χ2n) is 5.66. The number of hydrogen-bond acceptors (Lipinski definition) is 2. The Labute approximate surface area is 111 Å². The van der Waals surface area contributed by atoms with Crippen molar-refractivity contribution in [2.45, 2.75) is 52.5 Å². The highest BCUT2D eigenvalue weighted by Crippen LogP contribution is 2.32. The first-order valence-corrected chi connectivity index (χ1v) is 7.42. The van der Waals surface area contributed by atoms with Gasteiger partial charge in [0.25, 0.3) is 0 Å². The highest BCUT2D eigenvalue weighted by Gasteiger charge is 2.25. The molecule has 3 nitrogen and oxygen atoms in total. The zero-order chi connectivity index (χ0) is 13.0. The zero-order valence-corrected chi connectivity index (χ0v) is 12.1. The van der Waals surface area contributed by atoms with Crippen molar-refractivity contribution in [3.05, 3.63) is 17.5 Å². The van der Waals surface area contributed by atoms with Gasteiger partial charge in [0.05, 0.1) is 5.69 Å². The molecule has 2 rings (SSSR count). The van der Waals surface area contributed by atoms with Crippen LogP contribution in [0.5, 0.6) is 0 Å². The molecule has 1 N–H and O–H groups in total. The molecule has 0 saturated heterocycles. The molecule has 1 aromatic heterocycles. The summed E-state index contributed by atoms with van der Waals surface area (Å²) in [5.41, 5.74) is 2.59. The quantitative estimate of drug-likeness (QED) is 0.869. The molecule has 102 valence electrons. The molecular formula is C15H27N3. The van der Waals surface area contributed by atoms with Crippen LogP contribution in [-0.2, 0) is 13.0 Å². The standard InChI is InChI=1S/C15H27N3/c1-4-18-15(9-12(2)17-18)10-13-7-5-6-8-14(13)11-16-3/h9,13-14,16H,4-8,10-11H2,1-3H3. The Morgan fingerprint density at radius 2 is 2.06 bits per heavy atom. The molecule has 0 spiro atoms. The average Bonchev–Trinajstić information content (AvgIpc) is 2.72. The Balaban J connectivity index is 2.05. The molecule has 18 heavy (non-hydrogen) atoms. The normalized spacial score (nSPS) is 24.4. The third-order valence-corrected chi connectivity index (χ3v) is 4.29. The predicted molar refractivity (Wildman–Crippen MR) is 75.7 cm³/mol. The van der Waals surface area contributed by atoms with Crippen LogP contribution in [-0.4, -0.2) is 23.4 Å². The summed E-state index contributed by atoms with van der Waals surface area (Å²) in [4.78, 5) is 0. The minimum absolute atomic E-state index is 0.840. The van der Waals surface area contributed by atoms with Crippen molar-refractivity contribution in [3.63, 3.8) is 0 Å². The maximum Gasteiger partial charge on any atom is 0.0596 e. The van der Waals surface area contributed by atoms with Crippen molar-refractivity contribution < 1.29 is 0 Å². The van der Waals surface area contributed by atoms with Gasteiger partial charge in [0.1, 0.15) is 0 Å². The van der Waals surface area contributed by atoms with Crippen LogP contribution in [0.15, 0.2) is 6.07 Å². The van der Waals surface area contributed by atoms with Crippen LogP contribution >= 0.6 is 0 Å². The Hall–Kier alpha value is -0.830. The van der Waals surface area contributed by atoms with E-state index in [0.717, 1.165) is 24.1 Å². The van der Waals surface area contributed by atoms with Crippen LogP contribution in [0, 0.1) is 18.8 Å². The first-order valence-electron chi connectivity index (χ1n) is 7.42. The first-order chi connectivity index (χ1) is 8.74. The molecule has 0 aromatic carbocycles. The van der Waals surface area contributed by atoms with Gasteiger partial charge in [0.15, 0.2) is 0 Å². The topological polar surface area (TPSA) is 29.9 Å². The van der Waals surface area contributed by atoms with Gasteiger partial charge in [-0.2, -0.15) is 5.10 Å². The molecule has 1 aliphatic carbocycles. The lowest BCUT2D eigenvalue weighted by molar-refractivity contribution is 0.228. The second-order valence-corrected chi connectivity index (χ2v) is 5.66. The molecule has 3 heteroatoms. The molecule has 1 aromatic rings. The fourth-order valence-electron chi connectivity index (χ4n) is 3.39. The molecule has 1 heterocycles. The second kappa shape index (κ2) is 6.37. The third-order valence-electron chi connectivity index (χ3n) is 4.29. The molecule has 0 amide bonds. The van der Waals surface area contributed by atoms with Gasteiger partial charge in [-0.3, -0.25) is 4.68 Å². The minimum atomic E-state index is 0.840. The number of aryl methyl sites for hydroxylation is 2. The average molecular weight is 249 g/mol. The van der Waals surface area contributed by atoms with Gasteiger partial charge in [-0.15, -0.1) is 0 Å². The maximum atomic E-state index is 4.57. The lowest BCUT2D eigenvalue weighted by Gasteiger charge is -2.31. The molecule has 0 radical (unpaired) electrons. The summed E-state index contributed by atoms with van der Waals surface area (Å²) >= 11 is 0. The van der Waals surface area contributed by atoms with Crippen LogP contribution in [0.4, 0.5) is 0 Å². The smallest absolute Gasteiger partial charge is 0.0596 e. The highest BCUT2D eigenvalue weighted by atomic mass is 15.3. The van der Waals surface area contributed by atoms with Crippen LogP contribution < -0.4 is 5.32 Å². The van der Waals surface area contributed by atoms with Crippen LogP contribution in [0.2, 0.25) is 0 Å². The van der Waals surface area contributed by atoms with E-state index in [9.17, 15) is 0 Å². The van der Waals surface area contributed by atoms with Gasteiger partial charge in [0.2, 0.25) is 0 Å². The molecule has 1 aliphatic rings. The minimum Gasteiger partial charge on any atom is -0.319 e. The maximum absolute atomic E-state index is 4.57. The molecule has 0 bridgehead atoms. The first kappa shape index (κ1) is 13.6. The third kappa shape index (κ3) is 3.14. The number of rotatable bonds is 5. The van der Waals surface area contributed by atoms with Crippen molar-refractivity contribution in [3.8, 4) is 0 Å². The number of hydrogen-bond donors (Lipinski definition) is 1. The van der Waals surface area contributed by atoms with Gasteiger partial charge in [0, 0.05) is 12.2 Å². The van der Waals surface area contributed by atoms with E-state index in [1.54, 1.807) is 0 Å². The Morgan fingerprint density at radius 3 is 2.72 bits per heavy atom. The van der Waals surface area contributed by atoms with E-state index in [1.165, 1.54) is 44.3 Å². The van der Waals surface area contributed by atoms with Crippen LogP contribution in [0.25, 0.3) is 0 Å². The van der Waals surface area contributed by atoms with Crippen molar-refractivity contribution in [2.75, 3.05) is 13.6 Å². The summed E-state index contributed by atoms with van der Waals surface area (Å²) in [6.07, 6.45) is 6.81. The van der Waals surface area contributed by atoms with Crippen molar-refractivity contribution in [2.24, 2.45) is 11.8 Å². The Morgan fingerprint density at radius 1 is 1.33 bits per heavy atom. The summed E-state index contributed by atoms with van der Waals surface area (Å²) in [5, 5.41) is 7.93. The molecule has 0 aliphatic heterocycles. The molecule has 2 unspecified atom stereocenters. The fraction of sp³-hybridized carbons (Fsp3) is 0.800. The van der Waals surface area contributed by atoms with Crippen LogP contribution in [0.1, 0.15) is 44.0 Å². The molecule has 1 fully saturated rings. The van der Waals surface area contributed by atoms with E-state index in [0.29, 0.717) is 0 Å². The molecular weight excluding hydrogens is 222 g/mol. The molecule has 2 atom stereocenters. The van der Waals surface area contributed by atoms with E-state index >= 15 is 0 Å². The monoisotopic (exact) mass is 249 g/mol. The largest absolute Gasteiger partial charge is 0.319 e.